The maximum Gasteiger partial charge on any atom is 0.264 e. The molecule has 0 aliphatic rings. The molecule has 0 bridgehead atoms. The van der Waals surface area contributed by atoms with Gasteiger partial charge < -0.3 is 10.3 Å². The lowest BCUT2D eigenvalue weighted by Crippen LogP contribution is -2.42. The highest BCUT2D eigenvalue weighted by Gasteiger charge is 2.18. The van der Waals surface area contributed by atoms with Crippen molar-refractivity contribution in [3.05, 3.63) is 51.4 Å². The van der Waals surface area contributed by atoms with E-state index in [1.165, 1.54) is 6.20 Å². The van der Waals surface area contributed by atoms with Crippen LogP contribution in [-0.2, 0) is 0 Å². The molecule has 0 aliphatic carbocycles. The van der Waals surface area contributed by atoms with E-state index in [0.717, 1.165) is 5.56 Å². The fourth-order valence-electron chi connectivity index (χ4n) is 1.72. The Morgan fingerprint density at radius 3 is 2.38 bits per heavy atom. The lowest BCUT2D eigenvalue weighted by atomic mass is 10.1. The fraction of sp³-hybridized carbons (Fsp3) is 0.267. The van der Waals surface area contributed by atoms with Gasteiger partial charge in [-0.2, -0.15) is 0 Å². The Morgan fingerprint density at radius 2 is 1.86 bits per heavy atom. The third kappa shape index (κ3) is 3.92. The van der Waals surface area contributed by atoms with Crippen LogP contribution >= 0.6 is 11.6 Å². The van der Waals surface area contributed by atoms with Gasteiger partial charge in [0.15, 0.2) is 0 Å². The van der Waals surface area contributed by atoms with E-state index in [-0.39, 0.29) is 5.56 Å². The number of nitrogens with zero attached hydrogens (tertiary/aromatic N) is 1. The summed E-state index contributed by atoms with van der Waals surface area (Å²) in [6.45, 7) is 5.53. The summed E-state index contributed by atoms with van der Waals surface area (Å²) in [5.74, 6) is -0.0529. The van der Waals surface area contributed by atoms with Crippen molar-refractivity contribution in [1.82, 2.24) is 15.3 Å². The van der Waals surface area contributed by atoms with Crippen molar-refractivity contribution in [2.45, 2.75) is 26.3 Å². The van der Waals surface area contributed by atoms with Crippen molar-refractivity contribution in [2.24, 2.45) is 0 Å². The fourth-order valence-corrected chi connectivity index (χ4v) is 1.84. The van der Waals surface area contributed by atoms with Crippen LogP contribution in [-0.4, -0.2) is 21.4 Å². The second kappa shape index (κ2) is 5.69. The van der Waals surface area contributed by atoms with E-state index in [1.807, 2.05) is 20.8 Å². The van der Waals surface area contributed by atoms with E-state index in [0.29, 0.717) is 10.8 Å². The minimum Gasteiger partial charge on any atom is -0.347 e. The Bertz CT molecular complexity index is 715. The molecule has 0 saturated carbocycles. The molecule has 110 valence electrons. The first-order chi connectivity index (χ1) is 9.76. The monoisotopic (exact) mass is 305 g/mol. The Labute approximate surface area is 127 Å². The number of nitrogens with one attached hydrogen (secondary N) is 2. The number of halogens is 1. The number of aromatic amines is 1. The highest BCUT2D eigenvalue weighted by molar-refractivity contribution is 6.30. The minimum atomic E-state index is -0.475. The molecule has 2 N–H and O–H groups in total. The lowest BCUT2D eigenvalue weighted by Gasteiger charge is -2.20. The van der Waals surface area contributed by atoms with Gasteiger partial charge in [0.25, 0.3) is 11.5 Å². The maximum absolute atomic E-state index is 12.0. The summed E-state index contributed by atoms with van der Waals surface area (Å²) in [6, 6.07) is 6.90. The number of H-pyrrole nitrogens is 1. The van der Waals surface area contributed by atoms with Gasteiger partial charge in [0, 0.05) is 22.3 Å². The smallest absolute Gasteiger partial charge is 0.264 e. The molecule has 1 heterocycles. The van der Waals surface area contributed by atoms with E-state index in [2.05, 4.69) is 15.3 Å². The number of aromatic nitrogens is 2. The second-order valence-corrected chi connectivity index (χ2v) is 6.12. The number of rotatable bonds is 2. The van der Waals surface area contributed by atoms with Crippen molar-refractivity contribution in [1.29, 1.82) is 0 Å². The number of carbonyl (C=O) groups is 1. The van der Waals surface area contributed by atoms with Gasteiger partial charge in [-0.15, -0.1) is 0 Å². The summed E-state index contributed by atoms with van der Waals surface area (Å²) in [5, 5.41) is 3.33. The zero-order chi connectivity index (χ0) is 15.6. The highest BCUT2D eigenvalue weighted by Crippen LogP contribution is 2.16. The van der Waals surface area contributed by atoms with Crippen LogP contribution in [0.25, 0.3) is 11.4 Å². The van der Waals surface area contributed by atoms with Gasteiger partial charge in [-0.05, 0) is 45.0 Å². The number of carbonyl (C=O) groups excluding carboxylic acids is 1. The summed E-state index contributed by atoms with van der Waals surface area (Å²) >= 11 is 5.81. The third-order valence-corrected chi connectivity index (χ3v) is 2.90. The quantitative estimate of drug-likeness (QED) is 0.895. The minimum absolute atomic E-state index is 0.0114. The summed E-state index contributed by atoms with van der Waals surface area (Å²) in [6.07, 6.45) is 1.28. The van der Waals surface area contributed by atoms with Crippen LogP contribution in [0.2, 0.25) is 5.02 Å². The van der Waals surface area contributed by atoms with E-state index < -0.39 is 17.0 Å². The SMILES string of the molecule is CC(C)(C)NC(=O)c1cnc(-c2ccc(Cl)cc2)[nH]c1=O. The van der Waals surface area contributed by atoms with Crippen molar-refractivity contribution in [2.75, 3.05) is 0 Å². The summed E-state index contributed by atoms with van der Waals surface area (Å²) in [5.41, 5.74) is -0.183. The first kappa shape index (κ1) is 15.3. The predicted octanol–water partition coefficient (Wildman–Crippen LogP) is 2.62. The Balaban J connectivity index is 2.32. The summed E-state index contributed by atoms with van der Waals surface area (Å²) in [7, 11) is 0. The molecule has 0 radical (unpaired) electrons. The number of benzene rings is 1. The van der Waals surface area contributed by atoms with E-state index >= 15 is 0 Å². The van der Waals surface area contributed by atoms with Crippen LogP contribution in [0, 0.1) is 0 Å². The van der Waals surface area contributed by atoms with Gasteiger partial charge in [-0.25, -0.2) is 4.98 Å². The van der Waals surface area contributed by atoms with Crippen LogP contribution in [0.4, 0.5) is 0 Å². The second-order valence-electron chi connectivity index (χ2n) is 5.69. The largest absolute Gasteiger partial charge is 0.347 e. The number of hydrogen-bond donors (Lipinski definition) is 2. The molecule has 5 nitrogen and oxygen atoms in total. The molecule has 1 aromatic carbocycles. The normalized spacial score (nSPS) is 11.2. The van der Waals surface area contributed by atoms with Crippen LogP contribution in [0.15, 0.2) is 35.3 Å². The zero-order valence-corrected chi connectivity index (χ0v) is 12.8. The van der Waals surface area contributed by atoms with Crippen LogP contribution in [0.5, 0.6) is 0 Å². The molecule has 0 aliphatic heterocycles. The highest BCUT2D eigenvalue weighted by atomic mass is 35.5. The van der Waals surface area contributed by atoms with Gasteiger partial charge in [0.1, 0.15) is 11.4 Å². The molecule has 0 fully saturated rings. The van der Waals surface area contributed by atoms with Crippen LogP contribution in [0.1, 0.15) is 31.1 Å². The van der Waals surface area contributed by atoms with Crippen LogP contribution in [0.3, 0.4) is 0 Å². The molecule has 6 heteroatoms. The molecule has 0 atom stereocenters. The van der Waals surface area contributed by atoms with Crippen molar-refractivity contribution < 1.29 is 4.79 Å². The van der Waals surface area contributed by atoms with Gasteiger partial charge in [0.05, 0.1) is 0 Å². The number of hydrogen-bond acceptors (Lipinski definition) is 3. The zero-order valence-electron chi connectivity index (χ0n) is 12.0. The summed E-state index contributed by atoms with van der Waals surface area (Å²) in [4.78, 5) is 30.7. The predicted molar refractivity (Wildman–Crippen MR) is 82.5 cm³/mol. The lowest BCUT2D eigenvalue weighted by molar-refractivity contribution is 0.0917. The molecular formula is C15H16ClN3O2. The molecule has 2 aromatic rings. The van der Waals surface area contributed by atoms with Crippen molar-refractivity contribution >= 4 is 17.5 Å². The molecule has 0 saturated heterocycles. The Hall–Kier alpha value is -2.14. The Morgan fingerprint density at radius 1 is 1.24 bits per heavy atom. The topological polar surface area (TPSA) is 74.8 Å². The van der Waals surface area contributed by atoms with Gasteiger partial charge in [0.2, 0.25) is 0 Å². The standard InChI is InChI=1S/C15H16ClN3O2/c1-15(2,3)19-14(21)11-8-17-12(18-13(11)20)9-4-6-10(16)7-5-9/h4-8H,1-3H3,(H,19,21)(H,17,18,20). The third-order valence-electron chi connectivity index (χ3n) is 2.65. The maximum atomic E-state index is 12.0. The van der Waals surface area contributed by atoms with Crippen LogP contribution < -0.4 is 10.9 Å². The van der Waals surface area contributed by atoms with Gasteiger partial charge in [-0.3, -0.25) is 9.59 Å². The van der Waals surface area contributed by atoms with Gasteiger partial charge in [-0.1, -0.05) is 11.6 Å². The first-order valence-corrected chi connectivity index (χ1v) is 6.82. The molecule has 0 unspecified atom stereocenters. The summed E-state index contributed by atoms with van der Waals surface area (Å²) < 4.78 is 0. The molecular weight excluding hydrogens is 290 g/mol. The Kier molecular flexibility index (Phi) is 4.14. The van der Waals surface area contributed by atoms with Crippen molar-refractivity contribution in [3.63, 3.8) is 0 Å². The molecule has 21 heavy (non-hydrogen) atoms. The van der Waals surface area contributed by atoms with Gasteiger partial charge >= 0.3 is 0 Å². The average molecular weight is 306 g/mol. The molecule has 1 aromatic heterocycles. The van der Waals surface area contributed by atoms with Crippen molar-refractivity contribution in [3.8, 4) is 11.4 Å². The van der Waals surface area contributed by atoms with E-state index in [9.17, 15) is 9.59 Å². The molecule has 1 amide bonds. The average Bonchev–Trinajstić information content (AvgIpc) is 2.37. The van der Waals surface area contributed by atoms with E-state index in [4.69, 9.17) is 11.6 Å². The molecule has 2 rings (SSSR count). The number of amides is 1. The molecule has 0 spiro atoms. The first-order valence-electron chi connectivity index (χ1n) is 6.44. The van der Waals surface area contributed by atoms with E-state index in [1.54, 1.807) is 24.3 Å².